The lowest BCUT2D eigenvalue weighted by atomic mass is 10.2. The predicted molar refractivity (Wildman–Crippen MR) is 95.8 cm³/mol. The fourth-order valence-corrected chi connectivity index (χ4v) is 2.58. The maximum absolute atomic E-state index is 10.0. The van der Waals surface area contributed by atoms with Crippen molar-refractivity contribution in [3.8, 4) is 5.75 Å². The minimum absolute atomic E-state index is 0.0159. The quantitative estimate of drug-likeness (QED) is 0.630. The Morgan fingerprint density at radius 2 is 1.50 bits per heavy atom. The number of nitro groups is 1. The zero-order valence-electron chi connectivity index (χ0n) is 14.4. The number of aromatic hydroxyl groups is 1. The van der Waals surface area contributed by atoms with Crippen molar-refractivity contribution in [1.29, 1.82) is 0 Å². The van der Waals surface area contributed by atoms with Crippen molar-refractivity contribution in [2.45, 2.75) is 31.7 Å². The molecule has 2 fully saturated rings. The van der Waals surface area contributed by atoms with Crippen molar-refractivity contribution in [3.05, 3.63) is 70.3 Å². The van der Waals surface area contributed by atoms with Gasteiger partial charge >= 0.3 is 0 Å². The van der Waals surface area contributed by atoms with Gasteiger partial charge in [0.15, 0.2) is 0 Å². The maximum atomic E-state index is 10.0. The zero-order valence-corrected chi connectivity index (χ0v) is 14.4. The number of phenols is 1. The lowest BCUT2D eigenvalue weighted by Gasteiger charge is -2.03. The van der Waals surface area contributed by atoms with Crippen LogP contribution in [0, 0.1) is 10.1 Å². The van der Waals surface area contributed by atoms with Crippen molar-refractivity contribution < 1.29 is 24.6 Å². The molecular formula is C19H23NO6. The number of nitro benzene ring substituents is 1. The first kappa shape index (κ1) is 19.8. The number of non-ortho nitro benzene ring substituents is 1. The van der Waals surface area contributed by atoms with Crippen molar-refractivity contribution in [1.82, 2.24) is 0 Å². The van der Waals surface area contributed by atoms with Crippen LogP contribution in [-0.2, 0) is 16.1 Å². The Morgan fingerprint density at radius 3 is 1.92 bits per heavy atom. The summed E-state index contributed by atoms with van der Waals surface area (Å²) in [5.74, 6) is 0.0330. The van der Waals surface area contributed by atoms with E-state index >= 15 is 0 Å². The van der Waals surface area contributed by atoms with Crippen molar-refractivity contribution >= 4 is 5.69 Å². The number of nitrogens with zero attached hydrogens (tertiary/aromatic N) is 1. The first-order chi connectivity index (χ1) is 12.6. The van der Waals surface area contributed by atoms with Crippen LogP contribution in [-0.4, -0.2) is 40.6 Å². The smallest absolute Gasteiger partial charge is 0.269 e. The van der Waals surface area contributed by atoms with E-state index < -0.39 is 4.92 Å². The van der Waals surface area contributed by atoms with Crippen molar-refractivity contribution in [3.63, 3.8) is 0 Å². The van der Waals surface area contributed by atoms with Gasteiger partial charge in [-0.3, -0.25) is 10.1 Å². The van der Waals surface area contributed by atoms with Crippen LogP contribution in [0.5, 0.6) is 5.75 Å². The monoisotopic (exact) mass is 361 g/mol. The molecule has 0 unspecified atom stereocenters. The second-order valence-electron chi connectivity index (χ2n) is 5.81. The molecule has 0 bridgehead atoms. The van der Waals surface area contributed by atoms with Crippen LogP contribution in [0.25, 0.3) is 0 Å². The van der Waals surface area contributed by atoms with Gasteiger partial charge in [0.05, 0.1) is 23.7 Å². The number of benzene rings is 2. The van der Waals surface area contributed by atoms with E-state index in [9.17, 15) is 10.1 Å². The molecule has 4 rings (SSSR count). The van der Waals surface area contributed by atoms with Crippen LogP contribution in [0.4, 0.5) is 5.69 Å². The summed E-state index contributed by atoms with van der Waals surface area (Å²) in [6.07, 6.45) is 3.14. The van der Waals surface area contributed by atoms with Crippen LogP contribution in [0.1, 0.15) is 18.4 Å². The number of phenolic OH excluding ortho intramolecular Hbond substituents is 1. The Bertz CT molecular complexity index is 641. The summed E-state index contributed by atoms with van der Waals surface area (Å²) in [5, 5.41) is 27.3. The topological polar surface area (TPSA) is 102 Å². The SMILES string of the molecule is C1C[C@H]2OCC[C@H]2O1.O=[N+]([O-])c1ccc(O)cc1.OCc1ccccc1. The third-order valence-electron chi connectivity index (χ3n) is 3.97. The van der Waals surface area contributed by atoms with E-state index in [1.807, 2.05) is 30.3 Å². The normalized spacial score (nSPS) is 20.2. The van der Waals surface area contributed by atoms with Gasteiger partial charge in [0.1, 0.15) is 5.75 Å². The van der Waals surface area contributed by atoms with Crippen LogP contribution < -0.4 is 0 Å². The molecule has 0 amide bonds. The number of aliphatic hydroxyl groups is 1. The summed E-state index contributed by atoms with van der Waals surface area (Å²) in [6, 6.07) is 14.6. The van der Waals surface area contributed by atoms with Gasteiger partial charge < -0.3 is 19.7 Å². The summed E-state index contributed by atoms with van der Waals surface area (Å²) in [5.41, 5.74) is 0.949. The fraction of sp³-hybridized carbons (Fsp3) is 0.368. The van der Waals surface area contributed by atoms with Crippen LogP contribution >= 0.6 is 0 Å². The summed E-state index contributed by atoms with van der Waals surface area (Å²) < 4.78 is 10.7. The standard InChI is InChI=1S/C7H8O.C6H5NO3.C6H10O2/c8-6-7-4-2-1-3-5-7;8-6-3-1-5(2-4-6)7(9)10;1-3-7-6-2-4-8-5(1)6/h1-5,8H,6H2;1-4,8H;5-6H,1-4H2/t;;5-,6-/m..1/s1. The first-order valence-electron chi connectivity index (χ1n) is 8.41. The molecule has 26 heavy (non-hydrogen) atoms. The van der Waals surface area contributed by atoms with E-state index in [4.69, 9.17) is 19.7 Å². The molecule has 0 spiro atoms. The van der Waals surface area contributed by atoms with Crippen molar-refractivity contribution in [2.24, 2.45) is 0 Å². The Balaban J connectivity index is 0.000000141. The molecule has 2 saturated heterocycles. The highest BCUT2D eigenvalue weighted by Crippen LogP contribution is 2.25. The Hall–Kier alpha value is -2.48. The molecular weight excluding hydrogens is 338 g/mol. The molecule has 2 atom stereocenters. The number of aliphatic hydroxyl groups excluding tert-OH is 1. The third kappa shape index (κ3) is 6.44. The molecule has 2 N–H and O–H groups in total. The van der Waals surface area contributed by atoms with E-state index in [0.29, 0.717) is 12.2 Å². The molecule has 7 heteroatoms. The largest absolute Gasteiger partial charge is 0.508 e. The minimum atomic E-state index is -0.514. The summed E-state index contributed by atoms with van der Waals surface area (Å²) >= 11 is 0. The number of hydrogen-bond donors (Lipinski definition) is 2. The highest BCUT2D eigenvalue weighted by Gasteiger charge is 2.33. The molecule has 140 valence electrons. The molecule has 2 heterocycles. The Labute approximate surface area is 152 Å². The van der Waals surface area contributed by atoms with Crippen LogP contribution in [0.3, 0.4) is 0 Å². The number of hydrogen-bond acceptors (Lipinski definition) is 6. The third-order valence-corrected chi connectivity index (χ3v) is 3.97. The molecule has 2 aliphatic heterocycles. The number of rotatable bonds is 2. The van der Waals surface area contributed by atoms with Gasteiger partial charge in [-0.05, 0) is 30.5 Å². The maximum Gasteiger partial charge on any atom is 0.269 e. The predicted octanol–water partition coefficient (Wildman–Crippen LogP) is 3.04. The lowest BCUT2D eigenvalue weighted by Crippen LogP contribution is -2.13. The van der Waals surface area contributed by atoms with E-state index in [-0.39, 0.29) is 18.0 Å². The molecule has 2 aromatic rings. The first-order valence-corrected chi connectivity index (χ1v) is 8.41. The minimum Gasteiger partial charge on any atom is -0.508 e. The summed E-state index contributed by atoms with van der Waals surface area (Å²) in [6.45, 7) is 1.96. The molecule has 2 aliphatic rings. The van der Waals surface area contributed by atoms with E-state index in [1.54, 1.807) is 0 Å². The highest BCUT2D eigenvalue weighted by atomic mass is 16.6. The Kier molecular flexibility index (Phi) is 8.01. The highest BCUT2D eigenvalue weighted by molar-refractivity contribution is 5.35. The molecule has 0 radical (unpaired) electrons. The van der Waals surface area contributed by atoms with E-state index in [2.05, 4.69) is 0 Å². The molecule has 7 nitrogen and oxygen atoms in total. The van der Waals surface area contributed by atoms with Crippen LogP contribution in [0.2, 0.25) is 0 Å². The van der Waals surface area contributed by atoms with Gasteiger partial charge in [0.2, 0.25) is 0 Å². The molecule has 0 aromatic heterocycles. The number of fused-ring (bicyclic) bond motifs is 1. The van der Waals surface area contributed by atoms with Gasteiger partial charge in [-0.15, -0.1) is 0 Å². The second-order valence-corrected chi connectivity index (χ2v) is 5.81. The fourth-order valence-electron chi connectivity index (χ4n) is 2.58. The summed E-state index contributed by atoms with van der Waals surface area (Å²) in [7, 11) is 0. The lowest BCUT2D eigenvalue weighted by molar-refractivity contribution is -0.384. The van der Waals surface area contributed by atoms with Crippen molar-refractivity contribution in [2.75, 3.05) is 13.2 Å². The Morgan fingerprint density at radius 1 is 0.962 bits per heavy atom. The second kappa shape index (κ2) is 10.5. The zero-order chi connectivity index (χ0) is 18.8. The molecule has 0 aliphatic carbocycles. The van der Waals surface area contributed by atoms with Gasteiger partial charge in [-0.2, -0.15) is 0 Å². The average Bonchev–Trinajstić information content (AvgIpc) is 3.29. The molecule has 0 saturated carbocycles. The molecule has 2 aromatic carbocycles. The average molecular weight is 361 g/mol. The van der Waals surface area contributed by atoms with Gasteiger partial charge in [-0.1, -0.05) is 30.3 Å². The summed E-state index contributed by atoms with van der Waals surface area (Å²) in [4.78, 5) is 9.52. The number of ether oxygens (including phenoxy) is 2. The van der Waals surface area contributed by atoms with Crippen LogP contribution in [0.15, 0.2) is 54.6 Å². The van der Waals surface area contributed by atoms with E-state index in [1.165, 1.54) is 24.3 Å². The van der Waals surface area contributed by atoms with E-state index in [0.717, 1.165) is 31.6 Å². The van der Waals surface area contributed by atoms with Gasteiger partial charge in [0, 0.05) is 25.3 Å². The van der Waals surface area contributed by atoms with Gasteiger partial charge in [0.25, 0.3) is 5.69 Å². The van der Waals surface area contributed by atoms with Gasteiger partial charge in [-0.25, -0.2) is 0 Å².